The fourth-order valence-corrected chi connectivity index (χ4v) is 3.58. The van der Waals surface area contributed by atoms with E-state index in [1.165, 1.54) is 51.2 Å². The van der Waals surface area contributed by atoms with Gasteiger partial charge in [0.05, 0.1) is 6.54 Å². The molecular weight excluding hydrogens is 356 g/mol. The number of nitrogens with one attached hydrogen (secondary N) is 1. The minimum atomic E-state index is -0.233. The van der Waals surface area contributed by atoms with Crippen LogP contribution in [-0.4, -0.2) is 59.5 Å². The van der Waals surface area contributed by atoms with Crippen molar-refractivity contribution >= 4 is 17.6 Å². The molecule has 0 aromatic carbocycles. The lowest BCUT2D eigenvalue weighted by molar-refractivity contribution is -0.135. The number of piperidine rings is 1. The summed E-state index contributed by atoms with van der Waals surface area (Å²) in [5.74, 6) is 0.219. The predicted octanol–water partition coefficient (Wildman–Crippen LogP) is 3.68. The number of hydrogen-bond donors (Lipinski definition) is 1. The summed E-state index contributed by atoms with van der Waals surface area (Å²) in [6, 6.07) is 1.59. The fraction of sp³-hybridized carbons (Fsp3) is 0.762. The molecule has 0 radical (unpaired) electrons. The SMILES string of the molecule is CCCCCCCCC(=O)N(CCN1CCCCC1)CC(=O)Nc1ccon1. The first-order valence-corrected chi connectivity index (χ1v) is 10.9. The highest BCUT2D eigenvalue weighted by Gasteiger charge is 2.19. The first-order valence-electron chi connectivity index (χ1n) is 10.9. The number of hydrogen-bond acceptors (Lipinski definition) is 5. The van der Waals surface area contributed by atoms with Crippen molar-refractivity contribution in [2.24, 2.45) is 0 Å². The molecular formula is C21H36N4O3. The topological polar surface area (TPSA) is 78.7 Å². The van der Waals surface area contributed by atoms with E-state index in [4.69, 9.17) is 4.52 Å². The quantitative estimate of drug-likeness (QED) is 0.518. The normalized spacial score (nSPS) is 14.8. The van der Waals surface area contributed by atoms with Crippen molar-refractivity contribution in [2.45, 2.75) is 71.1 Å². The minimum absolute atomic E-state index is 0.0648. The average molecular weight is 393 g/mol. The maximum absolute atomic E-state index is 12.7. The number of amides is 2. The molecule has 0 unspecified atom stereocenters. The molecule has 1 aliphatic heterocycles. The summed E-state index contributed by atoms with van der Waals surface area (Å²) in [5.41, 5.74) is 0. The molecule has 0 saturated carbocycles. The first-order chi connectivity index (χ1) is 13.7. The van der Waals surface area contributed by atoms with Crippen LogP contribution in [0.25, 0.3) is 0 Å². The van der Waals surface area contributed by atoms with E-state index in [0.29, 0.717) is 18.8 Å². The van der Waals surface area contributed by atoms with Gasteiger partial charge in [-0.2, -0.15) is 0 Å². The van der Waals surface area contributed by atoms with Crippen LogP contribution in [0.2, 0.25) is 0 Å². The molecule has 7 heteroatoms. The Hall–Kier alpha value is -1.89. The number of carbonyl (C=O) groups is 2. The van der Waals surface area contributed by atoms with Gasteiger partial charge in [-0.3, -0.25) is 9.59 Å². The minimum Gasteiger partial charge on any atom is -0.363 e. The summed E-state index contributed by atoms with van der Waals surface area (Å²) in [7, 11) is 0. The summed E-state index contributed by atoms with van der Waals surface area (Å²) < 4.78 is 4.74. The Morgan fingerprint density at radius 1 is 1.14 bits per heavy atom. The van der Waals surface area contributed by atoms with Crippen molar-refractivity contribution in [1.82, 2.24) is 15.0 Å². The van der Waals surface area contributed by atoms with Gasteiger partial charge < -0.3 is 19.6 Å². The molecule has 0 aliphatic carbocycles. The van der Waals surface area contributed by atoms with Crippen molar-refractivity contribution < 1.29 is 14.1 Å². The van der Waals surface area contributed by atoms with Crippen LogP contribution >= 0.6 is 0 Å². The average Bonchev–Trinajstić information content (AvgIpc) is 3.21. The molecule has 2 heterocycles. The Bertz CT molecular complexity index is 556. The van der Waals surface area contributed by atoms with Gasteiger partial charge in [0.2, 0.25) is 11.8 Å². The number of unbranched alkanes of at least 4 members (excludes halogenated alkanes) is 5. The lowest BCUT2D eigenvalue weighted by Crippen LogP contribution is -2.43. The van der Waals surface area contributed by atoms with E-state index in [-0.39, 0.29) is 18.4 Å². The molecule has 0 atom stereocenters. The van der Waals surface area contributed by atoms with Gasteiger partial charge >= 0.3 is 0 Å². The Morgan fingerprint density at radius 3 is 2.61 bits per heavy atom. The van der Waals surface area contributed by atoms with Gasteiger partial charge in [-0.05, 0) is 32.4 Å². The van der Waals surface area contributed by atoms with Crippen LogP contribution in [0, 0.1) is 0 Å². The fourth-order valence-electron chi connectivity index (χ4n) is 3.58. The number of likely N-dealkylation sites (tertiary alicyclic amines) is 1. The lowest BCUT2D eigenvalue weighted by Gasteiger charge is -2.30. The zero-order valence-electron chi connectivity index (χ0n) is 17.3. The highest BCUT2D eigenvalue weighted by molar-refractivity contribution is 5.93. The first kappa shape index (κ1) is 22.4. The molecule has 1 N–H and O–H groups in total. The highest BCUT2D eigenvalue weighted by atomic mass is 16.5. The third kappa shape index (κ3) is 8.87. The summed E-state index contributed by atoms with van der Waals surface area (Å²) in [4.78, 5) is 29.2. The Labute approximate surface area is 168 Å². The largest absolute Gasteiger partial charge is 0.363 e. The van der Waals surface area contributed by atoms with Gasteiger partial charge in [0.15, 0.2) is 5.82 Å². The van der Waals surface area contributed by atoms with Crippen molar-refractivity contribution in [2.75, 3.05) is 38.0 Å². The number of carbonyl (C=O) groups excluding carboxylic acids is 2. The van der Waals surface area contributed by atoms with Gasteiger partial charge in [0, 0.05) is 25.6 Å². The molecule has 28 heavy (non-hydrogen) atoms. The van der Waals surface area contributed by atoms with Crippen molar-refractivity contribution in [1.29, 1.82) is 0 Å². The van der Waals surface area contributed by atoms with Gasteiger partial charge in [-0.1, -0.05) is 50.6 Å². The molecule has 158 valence electrons. The van der Waals surface area contributed by atoms with Gasteiger partial charge in [-0.25, -0.2) is 0 Å². The van der Waals surface area contributed by atoms with E-state index in [9.17, 15) is 9.59 Å². The second-order valence-corrected chi connectivity index (χ2v) is 7.67. The highest BCUT2D eigenvalue weighted by Crippen LogP contribution is 2.11. The summed E-state index contributed by atoms with van der Waals surface area (Å²) in [6.07, 6.45) is 12.5. The van der Waals surface area contributed by atoms with Crippen molar-refractivity contribution in [3.8, 4) is 0 Å². The second kappa shape index (κ2) is 13.3. The van der Waals surface area contributed by atoms with Crippen LogP contribution in [-0.2, 0) is 9.59 Å². The van der Waals surface area contributed by atoms with Crippen LogP contribution in [0.4, 0.5) is 5.82 Å². The van der Waals surface area contributed by atoms with E-state index in [1.54, 1.807) is 11.0 Å². The Kier molecular flexibility index (Phi) is 10.7. The molecule has 0 spiro atoms. The van der Waals surface area contributed by atoms with E-state index in [0.717, 1.165) is 32.5 Å². The molecule has 7 nitrogen and oxygen atoms in total. The van der Waals surface area contributed by atoms with Crippen LogP contribution in [0.15, 0.2) is 16.9 Å². The van der Waals surface area contributed by atoms with E-state index in [2.05, 4.69) is 22.3 Å². The van der Waals surface area contributed by atoms with Crippen LogP contribution in [0.3, 0.4) is 0 Å². The summed E-state index contributed by atoms with van der Waals surface area (Å²) >= 11 is 0. The smallest absolute Gasteiger partial charge is 0.245 e. The van der Waals surface area contributed by atoms with Gasteiger partial charge in [0.1, 0.15) is 6.26 Å². The number of anilines is 1. The molecule has 2 rings (SSSR count). The molecule has 1 aromatic heterocycles. The molecule has 1 fully saturated rings. The van der Waals surface area contributed by atoms with Crippen LogP contribution < -0.4 is 5.32 Å². The molecule has 0 bridgehead atoms. The molecule has 1 saturated heterocycles. The molecule has 2 amide bonds. The summed E-state index contributed by atoms with van der Waals surface area (Å²) in [5, 5.41) is 6.38. The predicted molar refractivity (Wildman–Crippen MR) is 110 cm³/mol. The molecule has 1 aromatic rings. The van der Waals surface area contributed by atoms with Crippen LogP contribution in [0.1, 0.15) is 71.1 Å². The van der Waals surface area contributed by atoms with E-state index < -0.39 is 0 Å². The van der Waals surface area contributed by atoms with Crippen molar-refractivity contribution in [3.05, 3.63) is 12.3 Å². The molecule has 1 aliphatic rings. The van der Waals surface area contributed by atoms with E-state index in [1.807, 2.05) is 0 Å². The third-order valence-electron chi connectivity index (χ3n) is 5.27. The third-order valence-corrected chi connectivity index (χ3v) is 5.27. The zero-order chi connectivity index (χ0) is 20.0. The number of nitrogens with zero attached hydrogens (tertiary/aromatic N) is 3. The van der Waals surface area contributed by atoms with Crippen molar-refractivity contribution in [3.63, 3.8) is 0 Å². The lowest BCUT2D eigenvalue weighted by atomic mass is 10.1. The van der Waals surface area contributed by atoms with E-state index >= 15 is 0 Å². The maximum Gasteiger partial charge on any atom is 0.245 e. The second-order valence-electron chi connectivity index (χ2n) is 7.67. The van der Waals surface area contributed by atoms with Crippen LogP contribution in [0.5, 0.6) is 0 Å². The monoisotopic (exact) mass is 392 g/mol. The van der Waals surface area contributed by atoms with Gasteiger partial charge in [-0.15, -0.1) is 0 Å². The summed E-state index contributed by atoms with van der Waals surface area (Å²) in [6.45, 7) is 5.87. The maximum atomic E-state index is 12.7. The number of aromatic nitrogens is 1. The number of rotatable bonds is 13. The Balaban J connectivity index is 1.79. The Morgan fingerprint density at radius 2 is 1.89 bits per heavy atom. The standard InChI is InChI=1S/C21H36N4O3/c1-2-3-4-5-6-8-11-21(27)25(16-15-24-13-9-7-10-14-24)18-20(26)22-19-12-17-28-23-19/h12,17H,2-11,13-16,18H2,1H3,(H,22,23,26). The van der Waals surface area contributed by atoms with Gasteiger partial charge in [0.25, 0.3) is 0 Å². The zero-order valence-corrected chi connectivity index (χ0v) is 17.3.